The van der Waals surface area contributed by atoms with Crippen LogP contribution in [0.2, 0.25) is 5.02 Å². The second-order valence-electron chi connectivity index (χ2n) is 11.8. The van der Waals surface area contributed by atoms with E-state index < -0.39 is 47.1 Å². The maximum atomic E-state index is 15.7. The second kappa shape index (κ2) is 12.3. The maximum absolute atomic E-state index is 15.7. The molecule has 6 rings (SSSR count). The summed E-state index contributed by atoms with van der Waals surface area (Å²) in [4.78, 5) is 20.4. The summed E-state index contributed by atoms with van der Waals surface area (Å²) in [6.07, 6.45) is -0.176. The highest BCUT2D eigenvalue weighted by Crippen LogP contribution is 2.41. The Morgan fingerprint density at radius 3 is 2.49 bits per heavy atom. The summed E-state index contributed by atoms with van der Waals surface area (Å²) in [7, 11) is 0. The number of ether oxygens (including phenoxy) is 2. The van der Waals surface area contributed by atoms with Crippen LogP contribution in [0, 0.1) is 40.0 Å². The molecule has 5 aromatic rings. The number of carboxylic acids is 1. The van der Waals surface area contributed by atoms with Crippen LogP contribution in [0.4, 0.5) is 17.6 Å². The quantitative estimate of drug-likeness (QED) is 0.170. The minimum atomic E-state index is -1.18. The Morgan fingerprint density at radius 2 is 1.81 bits per heavy atom. The molecule has 1 N–H and O–H groups in total. The Balaban J connectivity index is 1.34. The van der Waals surface area contributed by atoms with Crippen LogP contribution in [0.25, 0.3) is 22.3 Å². The molecule has 1 fully saturated rings. The first-order valence-electron chi connectivity index (χ1n) is 14.3. The summed E-state index contributed by atoms with van der Waals surface area (Å²) < 4.78 is 73.0. The predicted octanol–water partition coefficient (Wildman–Crippen LogP) is 7.65. The summed E-state index contributed by atoms with van der Waals surface area (Å²) in [5, 5.41) is 18.6. The molecule has 1 aliphatic heterocycles. The highest BCUT2D eigenvalue weighted by atomic mass is 35.5. The topological polar surface area (TPSA) is 110 Å². The minimum absolute atomic E-state index is 0.0382. The lowest BCUT2D eigenvalue weighted by molar-refractivity contribution is 0.0697. The fourth-order valence-corrected chi connectivity index (χ4v) is 5.88. The normalized spacial score (nSPS) is 15.6. The molecule has 1 unspecified atom stereocenters. The van der Waals surface area contributed by atoms with Crippen LogP contribution in [-0.2, 0) is 17.8 Å². The molecule has 240 valence electrons. The summed E-state index contributed by atoms with van der Waals surface area (Å²) in [6.45, 7) is 4.23. The first kappa shape index (κ1) is 32.0. The van der Waals surface area contributed by atoms with E-state index >= 15 is 8.78 Å². The van der Waals surface area contributed by atoms with Gasteiger partial charge in [-0.15, -0.1) is 0 Å². The van der Waals surface area contributed by atoms with Crippen LogP contribution in [-0.4, -0.2) is 38.8 Å². The number of nitriles is 1. The summed E-state index contributed by atoms with van der Waals surface area (Å²) >= 11 is 6.44. The van der Waals surface area contributed by atoms with Crippen molar-refractivity contribution < 1.29 is 36.9 Å². The van der Waals surface area contributed by atoms with Gasteiger partial charge in [0.05, 0.1) is 52.7 Å². The molecule has 0 spiro atoms. The zero-order valence-electron chi connectivity index (χ0n) is 25.0. The number of aromatic nitrogens is 3. The lowest BCUT2D eigenvalue weighted by Crippen LogP contribution is -2.27. The zero-order chi connectivity index (χ0) is 33.6. The fraction of sp³-hybridized carbons (Fsp3) is 0.235. The van der Waals surface area contributed by atoms with Crippen molar-refractivity contribution in [1.29, 1.82) is 5.26 Å². The van der Waals surface area contributed by atoms with E-state index in [9.17, 15) is 18.7 Å². The van der Waals surface area contributed by atoms with Gasteiger partial charge >= 0.3 is 5.97 Å². The van der Waals surface area contributed by atoms with E-state index in [-0.39, 0.29) is 57.6 Å². The predicted molar refractivity (Wildman–Crippen MR) is 163 cm³/mol. The fourth-order valence-electron chi connectivity index (χ4n) is 5.62. The Labute approximate surface area is 270 Å². The van der Waals surface area contributed by atoms with Gasteiger partial charge in [-0.2, -0.15) is 5.26 Å². The molecule has 3 heterocycles. The average Bonchev–Trinajstić information content (AvgIpc) is 3.56. The molecule has 3 aromatic carbocycles. The maximum Gasteiger partial charge on any atom is 0.335 e. The van der Waals surface area contributed by atoms with Gasteiger partial charge in [0.15, 0.2) is 5.82 Å². The number of carbonyl (C=O) groups is 1. The molecule has 0 amide bonds. The van der Waals surface area contributed by atoms with Gasteiger partial charge in [0.25, 0.3) is 5.88 Å². The number of hydrogen-bond acceptors (Lipinski definition) is 6. The van der Waals surface area contributed by atoms with Gasteiger partial charge in [-0.3, -0.25) is 0 Å². The summed E-state index contributed by atoms with van der Waals surface area (Å²) in [5.74, 6) is -4.70. The van der Waals surface area contributed by atoms with Gasteiger partial charge in [-0.25, -0.2) is 32.3 Å². The molecule has 0 aliphatic carbocycles. The SMILES string of the molecule is CC1(C)COCC1n1c(Cc2cc(F)c(-c3ccc(F)c(OCc4ccc(C#N)cc4F)n3)cc2F)nc2c(Cl)cc(C(=O)O)cc21. The van der Waals surface area contributed by atoms with Gasteiger partial charge in [0.1, 0.15) is 35.4 Å². The number of imidazole rings is 1. The standard InChI is InChI=1S/C34H25ClF4N4O4/c1-34(2)16-46-15-29(34)43-28-10-20(33(44)45)8-22(35)31(28)42-30(43)11-19-9-26(39)21(12-25(19)38)27-6-5-23(36)32(41-27)47-14-18-4-3-17(13-40)7-24(18)37/h3-10,12,29H,11,14-16H2,1-2H3,(H,44,45). The van der Waals surface area contributed by atoms with Gasteiger partial charge in [-0.05, 0) is 54.1 Å². The lowest BCUT2D eigenvalue weighted by Gasteiger charge is -2.28. The third-order valence-corrected chi connectivity index (χ3v) is 8.44. The molecule has 0 radical (unpaired) electrons. The van der Waals surface area contributed by atoms with Crippen molar-refractivity contribution in [3.05, 3.63) is 111 Å². The smallest absolute Gasteiger partial charge is 0.335 e. The number of fused-ring (bicyclic) bond motifs is 1. The third-order valence-electron chi connectivity index (χ3n) is 8.15. The van der Waals surface area contributed by atoms with Gasteiger partial charge in [0.2, 0.25) is 0 Å². The van der Waals surface area contributed by atoms with Crippen molar-refractivity contribution in [3.63, 3.8) is 0 Å². The third kappa shape index (κ3) is 6.12. The van der Waals surface area contributed by atoms with Crippen LogP contribution in [0.3, 0.4) is 0 Å². The van der Waals surface area contributed by atoms with E-state index in [0.29, 0.717) is 23.5 Å². The van der Waals surface area contributed by atoms with Gasteiger partial charge in [0, 0.05) is 23.0 Å². The van der Waals surface area contributed by atoms with Crippen LogP contribution in [0.1, 0.15) is 52.8 Å². The molecule has 1 saturated heterocycles. The number of pyridine rings is 1. The summed E-state index contributed by atoms with van der Waals surface area (Å²) in [6, 6.07) is 12.0. The van der Waals surface area contributed by atoms with Crippen LogP contribution in [0.5, 0.6) is 5.88 Å². The van der Waals surface area contributed by atoms with Crippen LogP contribution < -0.4 is 4.74 Å². The number of nitrogens with zero attached hydrogens (tertiary/aromatic N) is 4. The number of aromatic carboxylic acids is 1. The average molecular weight is 665 g/mol. The molecule has 0 saturated carbocycles. The highest BCUT2D eigenvalue weighted by molar-refractivity contribution is 6.35. The first-order chi connectivity index (χ1) is 22.4. The first-order valence-corrected chi connectivity index (χ1v) is 14.7. The number of halogens is 5. The van der Waals surface area contributed by atoms with E-state index in [1.165, 1.54) is 24.3 Å². The second-order valence-corrected chi connectivity index (χ2v) is 12.2. The van der Waals surface area contributed by atoms with Crippen molar-refractivity contribution in [1.82, 2.24) is 14.5 Å². The van der Waals surface area contributed by atoms with Crippen LogP contribution in [0.15, 0.2) is 54.6 Å². The molecular formula is C34H25ClF4N4O4. The largest absolute Gasteiger partial charge is 0.478 e. The molecular weight excluding hydrogens is 640 g/mol. The van der Waals surface area contributed by atoms with E-state index in [2.05, 4.69) is 9.97 Å². The van der Waals surface area contributed by atoms with E-state index in [1.807, 2.05) is 19.9 Å². The molecule has 0 bridgehead atoms. The van der Waals surface area contributed by atoms with E-state index in [1.54, 1.807) is 4.57 Å². The van der Waals surface area contributed by atoms with Gasteiger partial charge < -0.3 is 19.1 Å². The number of benzene rings is 3. The molecule has 47 heavy (non-hydrogen) atoms. The van der Waals surface area contributed by atoms with Crippen molar-refractivity contribution in [2.45, 2.75) is 32.9 Å². The molecule has 1 aliphatic rings. The van der Waals surface area contributed by atoms with Gasteiger partial charge in [-0.1, -0.05) is 31.5 Å². The van der Waals surface area contributed by atoms with Crippen molar-refractivity contribution in [2.75, 3.05) is 13.2 Å². The van der Waals surface area contributed by atoms with E-state index in [0.717, 1.165) is 30.3 Å². The monoisotopic (exact) mass is 664 g/mol. The van der Waals surface area contributed by atoms with Crippen LogP contribution >= 0.6 is 11.6 Å². The highest BCUT2D eigenvalue weighted by Gasteiger charge is 2.39. The van der Waals surface area contributed by atoms with Crippen molar-refractivity contribution >= 4 is 28.6 Å². The molecule has 13 heteroatoms. The Kier molecular flexibility index (Phi) is 8.38. The lowest BCUT2D eigenvalue weighted by atomic mass is 9.87. The Morgan fingerprint density at radius 1 is 1.04 bits per heavy atom. The van der Waals surface area contributed by atoms with E-state index in [4.69, 9.17) is 26.3 Å². The Bertz CT molecular complexity index is 2110. The number of hydrogen-bond donors (Lipinski definition) is 1. The number of rotatable bonds is 8. The summed E-state index contributed by atoms with van der Waals surface area (Å²) in [5.41, 5.74) is -0.0232. The Hall–Kier alpha value is -4.99. The molecule has 2 aromatic heterocycles. The zero-order valence-corrected chi connectivity index (χ0v) is 25.7. The van der Waals surface area contributed by atoms with Crippen molar-refractivity contribution in [2.24, 2.45) is 5.41 Å². The number of carboxylic acid groups (broad SMARTS) is 1. The molecule has 8 nitrogen and oxygen atoms in total. The molecule has 1 atom stereocenters. The minimum Gasteiger partial charge on any atom is -0.478 e. The van der Waals surface area contributed by atoms with Crippen molar-refractivity contribution in [3.8, 4) is 23.2 Å².